The van der Waals surface area contributed by atoms with Gasteiger partial charge in [-0.25, -0.2) is 4.39 Å². The first-order valence-electron chi connectivity index (χ1n) is 8.06. The van der Waals surface area contributed by atoms with Gasteiger partial charge in [-0.05, 0) is 42.7 Å². The molecule has 3 nitrogen and oxygen atoms in total. The molecule has 0 bridgehead atoms. The number of thiophene rings is 1. The van der Waals surface area contributed by atoms with E-state index in [1.165, 1.54) is 17.0 Å². The van der Waals surface area contributed by atoms with Crippen LogP contribution in [0, 0.1) is 18.7 Å². The Hall–Kier alpha value is -2.14. The van der Waals surface area contributed by atoms with Crippen molar-refractivity contribution in [1.82, 2.24) is 9.88 Å². The number of carbonyl (C=O) groups is 1. The second kappa shape index (κ2) is 6.77. The summed E-state index contributed by atoms with van der Waals surface area (Å²) in [5, 5.41) is 2.98. The summed E-state index contributed by atoms with van der Waals surface area (Å²) in [5.41, 5.74) is 2.67. The zero-order valence-corrected chi connectivity index (χ0v) is 14.9. The molecule has 3 rings (SSSR count). The number of benzene rings is 1. The molecule has 0 aliphatic carbocycles. The van der Waals surface area contributed by atoms with Crippen molar-refractivity contribution in [2.24, 2.45) is 5.92 Å². The number of hydrogen-bond acceptors (Lipinski definition) is 2. The Morgan fingerprint density at radius 1 is 1.25 bits per heavy atom. The molecule has 1 N–H and O–H groups in total. The van der Waals surface area contributed by atoms with Crippen molar-refractivity contribution < 1.29 is 9.18 Å². The highest BCUT2D eigenvalue weighted by Gasteiger charge is 2.17. The molecule has 2 aromatic heterocycles. The Morgan fingerprint density at radius 3 is 2.62 bits per heavy atom. The highest BCUT2D eigenvalue weighted by Crippen LogP contribution is 2.29. The number of nitrogens with zero attached hydrogens (tertiary/aromatic N) is 1. The second-order valence-electron chi connectivity index (χ2n) is 6.45. The lowest BCUT2D eigenvalue weighted by molar-refractivity contribution is 0.0940. The molecular weight excluding hydrogens is 323 g/mol. The van der Waals surface area contributed by atoms with E-state index in [1.54, 1.807) is 23.5 Å². The third-order valence-electron chi connectivity index (χ3n) is 3.87. The molecule has 0 atom stereocenters. The Bertz CT molecular complexity index is 862. The largest absolute Gasteiger partial charge is 0.351 e. The van der Waals surface area contributed by atoms with E-state index in [0.717, 1.165) is 15.8 Å². The van der Waals surface area contributed by atoms with Crippen molar-refractivity contribution in [1.29, 1.82) is 0 Å². The number of aryl methyl sites for hydroxylation is 1. The van der Waals surface area contributed by atoms with Gasteiger partial charge in [-0.1, -0.05) is 26.0 Å². The number of carbonyl (C=O) groups excluding carboxylic acids is 1. The highest BCUT2D eigenvalue weighted by molar-refractivity contribution is 7.19. The minimum absolute atomic E-state index is 0.0631. The molecule has 126 valence electrons. The fraction of sp³-hybridized carbons (Fsp3) is 0.316. The van der Waals surface area contributed by atoms with E-state index < -0.39 is 0 Å². The van der Waals surface area contributed by atoms with Gasteiger partial charge in [-0.15, -0.1) is 11.3 Å². The van der Waals surface area contributed by atoms with Crippen LogP contribution in [0.5, 0.6) is 0 Å². The maximum Gasteiger partial charge on any atom is 0.267 e. The summed E-state index contributed by atoms with van der Waals surface area (Å²) < 4.78 is 16.3. The van der Waals surface area contributed by atoms with Gasteiger partial charge in [0.15, 0.2) is 0 Å². The van der Waals surface area contributed by atoms with E-state index >= 15 is 0 Å². The molecule has 0 unspecified atom stereocenters. The van der Waals surface area contributed by atoms with Gasteiger partial charge in [-0.3, -0.25) is 4.79 Å². The normalized spacial score (nSPS) is 11.4. The molecule has 3 aromatic rings. The molecule has 0 fully saturated rings. The monoisotopic (exact) mass is 344 g/mol. The molecule has 1 aromatic carbocycles. The molecule has 1 amide bonds. The summed E-state index contributed by atoms with van der Waals surface area (Å²) in [5.74, 6) is 0.0855. The van der Waals surface area contributed by atoms with Crippen molar-refractivity contribution >= 4 is 27.5 Å². The summed E-state index contributed by atoms with van der Waals surface area (Å²) in [6.07, 6.45) is 0. The topological polar surface area (TPSA) is 34.0 Å². The number of hydrogen-bond donors (Lipinski definition) is 1. The maximum absolute atomic E-state index is 13.1. The van der Waals surface area contributed by atoms with Crippen LogP contribution in [0.3, 0.4) is 0 Å². The van der Waals surface area contributed by atoms with Gasteiger partial charge in [0.2, 0.25) is 0 Å². The molecule has 0 saturated carbocycles. The summed E-state index contributed by atoms with van der Waals surface area (Å²) in [7, 11) is 0. The predicted molar refractivity (Wildman–Crippen MR) is 97.2 cm³/mol. The lowest BCUT2D eigenvalue weighted by Gasteiger charge is -2.12. The van der Waals surface area contributed by atoms with Crippen LogP contribution in [-0.2, 0) is 6.54 Å². The first kappa shape index (κ1) is 16.7. The number of aromatic nitrogens is 1. The average Bonchev–Trinajstić information content (AvgIpc) is 3.04. The van der Waals surface area contributed by atoms with E-state index in [-0.39, 0.29) is 11.7 Å². The molecule has 24 heavy (non-hydrogen) atoms. The van der Waals surface area contributed by atoms with Crippen LogP contribution in [0.2, 0.25) is 0 Å². The van der Waals surface area contributed by atoms with Crippen molar-refractivity contribution in [3.8, 4) is 0 Å². The quantitative estimate of drug-likeness (QED) is 0.722. The molecule has 0 saturated heterocycles. The molecular formula is C19H21FN2OS. The van der Waals surface area contributed by atoms with Crippen LogP contribution < -0.4 is 5.32 Å². The third-order valence-corrected chi connectivity index (χ3v) is 4.86. The third kappa shape index (κ3) is 3.51. The highest BCUT2D eigenvalue weighted by atomic mass is 32.1. The fourth-order valence-corrected chi connectivity index (χ4v) is 3.64. The zero-order chi connectivity index (χ0) is 17.3. The van der Waals surface area contributed by atoms with E-state index in [2.05, 4.69) is 32.2 Å². The van der Waals surface area contributed by atoms with E-state index in [9.17, 15) is 9.18 Å². The Morgan fingerprint density at radius 2 is 1.96 bits per heavy atom. The Labute approximate surface area is 145 Å². The predicted octanol–water partition coefficient (Wildman–Crippen LogP) is 4.58. The molecule has 0 spiro atoms. The SMILES string of the molecule is Cc1cc2c(cc(C(=O)NCC(C)C)n2Cc2ccc(F)cc2)s1. The molecule has 0 aliphatic heterocycles. The van der Waals surface area contributed by atoms with Crippen LogP contribution in [0.15, 0.2) is 36.4 Å². The lowest BCUT2D eigenvalue weighted by Crippen LogP contribution is -2.29. The number of amides is 1. The number of rotatable bonds is 5. The van der Waals surface area contributed by atoms with E-state index in [4.69, 9.17) is 0 Å². The van der Waals surface area contributed by atoms with Gasteiger partial charge >= 0.3 is 0 Å². The average molecular weight is 344 g/mol. The summed E-state index contributed by atoms with van der Waals surface area (Å²) in [4.78, 5) is 13.8. The van der Waals surface area contributed by atoms with Crippen molar-refractivity contribution in [2.75, 3.05) is 6.54 Å². The van der Waals surface area contributed by atoms with Gasteiger partial charge in [0, 0.05) is 18.0 Å². The molecule has 0 radical (unpaired) electrons. The van der Waals surface area contributed by atoms with Crippen molar-refractivity contribution in [2.45, 2.75) is 27.3 Å². The van der Waals surface area contributed by atoms with Gasteiger partial charge in [0.05, 0.1) is 10.2 Å². The number of fused-ring (bicyclic) bond motifs is 1. The summed E-state index contributed by atoms with van der Waals surface area (Å²) in [6, 6.07) is 10.5. The fourth-order valence-electron chi connectivity index (χ4n) is 2.68. The molecule has 5 heteroatoms. The van der Waals surface area contributed by atoms with Crippen LogP contribution in [0.4, 0.5) is 4.39 Å². The van der Waals surface area contributed by atoms with Gasteiger partial charge in [-0.2, -0.15) is 0 Å². The number of nitrogens with one attached hydrogen (secondary N) is 1. The van der Waals surface area contributed by atoms with Crippen LogP contribution >= 0.6 is 11.3 Å². The zero-order valence-electron chi connectivity index (χ0n) is 14.1. The lowest BCUT2D eigenvalue weighted by atomic mass is 10.2. The van der Waals surface area contributed by atoms with Crippen LogP contribution in [0.1, 0.15) is 34.8 Å². The van der Waals surface area contributed by atoms with Crippen molar-refractivity contribution in [3.63, 3.8) is 0 Å². The second-order valence-corrected chi connectivity index (χ2v) is 7.74. The van der Waals surface area contributed by atoms with Crippen LogP contribution in [-0.4, -0.2) is 17.0 Å². The van der Waals surface area contributed by atoms with Crippen LogP contribution in [0.25, 0.3) is 10.2 Å². The standard InChI is InChI=1S/C19H21FN2OS/c1-12(2)10-21-19(23)17-9-18-16(8-13(3)24-18)22(17)11-14-4-6-15(20)7-5-14/h4-9,12H,10-11H2,1-3H3,(H,21,23). The Kier molecular flexibility index (Phi) is 4.71. The first-order chi connectivity index (χ1) is 11.4. The minimum atomic E-state index is -0.252. The van der Waals surface area contributed by atoms with Gasteiger partial charge in [0.1, 0.15) is 11.5 Å². The molecule has 0 aliphatic rings. The molecule has 2 heterocycles. The van der Waals surface area contributed by atoms with E-state index in [1.807, 2.05) is 10.6 Å². The van der Waals surface area contributed by atoms with Gasteiger partial charge < -0.3 is 9.88 Å². The minimum Gasteiger partial charge on any atom is -0.351 e. The Balaban J connectivity index is 1.97. The van der Waals surface area contributed by atoms with Gasteiger partial charge in [0.25, 0.3) is 5.91 Å². The summed E-state index contributed by atoms with van der Waals surface area (Å²) >= 11 is 1.68. The number of halogens is 1. The summed E-state index contributed by atoms with van der Waals surface area (Å²) in [6.45, 7) is 7.39. The smallest absolute Gasteiger partial charge is 0.267 e. The van der Waals surface area contributed by atoms with Crippen molar-refractivity contribution in [3.05, 3.63) is 58.3 Å². The van der Waals surface area contributed by atoms with E-state index in [0.29, 0.717) is 24.7 Å². The first-order valence-corrected chi connectivity index (χ1v) is 8.88. The maximum atomic E-state index is 13.1.